The number of carbonyl (C=O) groups is 1. The van der Waals surface area contributed by atoms with Crippen LogP contribution in [0.5, 0.6) is 5.75 Å². The quantitative estimate of drug-likeness (QED) is 0.824. The van der Waals surface area contributed by atoms with Crippen molar-refractivity contribution in [2.24, 2.45) is 0 Å². The van der Waals surface area contributed by atoms with Gasteiger partial charge in [0.2, 0.25) is 0 Å². The Morgan fingerprint density at radius 3 is 3.05 bits per heavy atom. The topological polar surface area (TPSA) is 63.2 Å². The standard InChI is InChI=1S/C14H17N3O2/c1-10-8-11-4-3-5-16-13(11)12(9-10)19-7-6-17-14(18)15-2/h3-5,8-9H,6-7H2,1-2H3,(H2,15,17,18). The molecule has 1 aromatic heterocycles. The second kappa shape index (κ2) is 6.04. The maximum atomic E-state index is 11.0. The summed E-state index contributed by atoms with van der Waals surface area (Å²) in [5.41, 5.74) is 1.96. The third-order valence-electron chi connectivity index (χ3n) is 2.69. The molecule has 0 bridgehead atoms. The van der Waals surface area contributed by atoms with Gasteiger partial charge in [-0.25, -0.2) is 4.79 Å². The molecule has 0 saturated heterocycles. The molecular weight excluding hydrogens is 242 g/mol. The lowest BCUT2D eigenvalue weighted by atomic mass is 10.1. The number of rotatable bonds is 4. The molecule has 5 heteroatoms. The van der Waals surface area contributed by atoms with Gasteiger partial charge in [-0.2, -0.15) is 0 Å². The number of ether oxygens (including phenoxy) is 1. The molecule has 19 heavy (non-hydrogen) atoms. The molecule has 0 unspecified atom stereocenters. The van der Waals surface area contributed by atoms with Crippen LogP contribution in [0.3, 0.4) is 0 Å². The minimum atomic E-state index is -0.212. The Labute approximate surface area is 112 Å². The maximum Gasteiger partial charge on any atom is 0.314 e. The zero-order valence-corrected chi connectivity index (χ0v) is 11.1. The lowest BCUT2D eigenvalue weighted by Crippen LogP contribution is -2.35. The number of carbonyl (C=O) groups excluding carboxylic acids is 1. The van der Waals surface area contributed by atoms with Crippen LogP contribution in [0.25, 0.3) is 10.9 Å². The van der Waals surface area contributed by atoms with Crippen LogP contribution in [0.1, 0.15) is 5.56 Å². The van der Waals surface area contributed by atoms with Crippen molar-refractivity contribution in [2.75, 3.05) is 20.2 Å². The first-order valence-electron chi connectivity index (χ1n) is 6.14. The number of pyridine rings is 1. The fraction of sp³-hybridized carbons (Fsp3) is 0.286. The molecule has 0 aliphatic rings. The lowest BCUT2D eigenvalue weighted by molar-refractivity contribution is 0.238. The van der Waals surface area contributed by atoms with Crippen LogP contribution < -0.4 is 15.4 Å². The Hall–Kier alpha value is -2.30. The molecule has 0 aliphatic carbocycles. The first kappa shape index (κ1) is 13.1. The third-order valence-corrected chi connectivity index (χ3v) is 2.69. The number of fused-ring (bicyclic) bond motifs is 1. The number of aryl methyl sites for hydroxylation is 1. The average Bonchev–Trinajstić information content (AvgIpc) is 2.42. The van der Waals surface area contributed by atoms with Crippen molar-refractivity contribution in [3.63, 3.8) is 0 Å². The van der Waals surface area contributed by atoms with Gasteiger partial charge in [0.25, 0.3) is 0 Å². The Morgan fingerprint density at radius 2 is 2.26 bits per heavy atom. The molecule has 2 rings (SSSR count). The predicted octanol–water partition coefficient (Wildman–Crippen LogP) is 1.85. The van der Waals surface area contributed by atoms with E-state index in [4.69, 9.17) is 4.74 Å². The van der Waals surface area contributed by atoms with E-state index in [2.05, 4.69) is 21.7 Å². The first-order valence-corrected chi connectivity index (χ1v) is 6.14. The zero-order chi connectivity index (χ0) is 13.7. The molecule has 5 nitrogen and oxygen atoms in total. The van der Waals surface area contributed by atoms with Gasteiger partial charge in [-0.15, -0.1) is 0 Å². The molecular formula is C14H17N3O2. The summed E-state index contributed by atoms with van der Waals surface area (Å²) in [6, 6.07) is 7.72. The molecule has 0 atom stereocenters. The number of nitrogens with zero attached hydrogens (tertiary/aromatic N) is 1. The molecule has 0 fully saturated rings. The van der Waals surface area contributed by atoms with Crippen LogP contribution in [0.4, 0.5) is 4.79 Å². The van der Waals surface area contributed by atoms with Gasteiger partial charge in [-0.3, -0.25) is 4.98 Å². The molecule has 100 valence electrons. The minimum absolute atomic E-state index is 0.212. The van der Waals surface area contributed by atoms with E-state index < -0.39 is 0 Å². The van der Waals surface area contributed by atoms with Crippen LogP contribution in [-0.2, 0) is 0 Å². The van der Waals surface area contributed by atoms with Crippen molar-refractivity contribution in [1.82, 2.24) is 15.6 Å². The van der Waals surface area contributed by atoms with E-state index in [1.165, 1.54) is 0 Å². The number of nitrogens with one attached hydrogen (secondary N) is 2. The van der Waals surface area contributed by atoms with Gasteiger partial charge >= 0.3 is 6.03 Å². The fourth-order valence-electron chi connectivity index (χ4n) is 1.83. The monoisotopic (exact) mass is 259 g/mol. The van der Waals surface area contributed by atoms with Gasteiger partial charge in [-0.1, -0.05) is 6.07 Å². The van der Waals surface area contributed by atoms with Crippen LogP contribution in [0, 0.1) is 6.92 Å². The summed E-state index contributed by atoms with van der Waals surface area (Å²) in [4.78, 5) is 15.3. The number of hydrogen-bond acceptors (Lipinski definition) is 3. The summed E-state index contributed by atoms with van der Waals surface area (Å²) in [6.07, 6.45) is 1.74. The largest absolute Gasteiger partial charge is 0.489 e. The van der Waals surface area contributed by atoms with Gasteiger partial charge < -0.3 is 15.4 Å². The molecule has 0 radical (unpaired) electrons. The van der Waals surface area contributed by atoms with Crippen LogP contribution in [-0.4, -0.2) is 31.2 Å². The molecule has 0 saturated carbocycles. The van der Waals surface area contributed by atoms with Crippen molar-refractivity contribution in [3.05, 3.63) is 36.0 Å². The fourth-order valence-corrected chi connectivity index (χ4v) is 1.83. The van der Waals surface area contributed by atoms with Crippen molar-refractivity contribution >= 4 is 16.9 Å². The Bertz CT molecular complexity index is 584. The summed E-state index contributed by atoms with van der Waals surface area (Å²) in [7, 11) is 1.58. The van der Waals surface area contributed by atoms with E-state index in [0.717, 1.165) is 22.2 Å². The predicted molar refractivity (Wildman–Crippen MR) is 74.4 cm³/mol. The van der Waals surface area contributed by atoms with Crippen molar-refractivity contribution in [1.29, 1.82) is 0 Å². The van der Waals surface area contributed by atoms with Gasteiger partial charge in [0.1, 0.15) is 17.9 Å². The smallest absolute Gasteiger partial charge is 0.314 e. The summed E-state index contributed by atoms with van der Waals surface area (Å²) in [5, 5.41) is 6.21. The summed E-state index contributed by atoms with van der Waals surface area (Å²) in [6.45, 7) is 2.87. The Balaban J connectivity index is 2.06. The van der Waals surface area contributed by atoms with Gasteiger partial charge in [0, 0.05) is 18.6 Å². The number of urea groups is 1. The van der Waals surface area contributed by atoms with Crippen LogP contribution in [0.2, 0.25) is 0 Å². The normalized spacial score (nSPS) is 10.2. The number of hydrogen-bond donors (Lipinski definition) is 2. The molecule has 1 aromatic carbocycles. The van der Waals surface area contributed by atoms with Crippen LogP contribution >= 0.6 is 0 Å². The van der Waals surface area contributed by atoms with E-state index in [1.54, 1.807) is 13.2 Å². The molecule has 2 aromatic rings. The minimum Gasteiger partial charge on any atom is -0.489 e. The van der Waals surface area contributed by atoms with Gasteiger partial charge in [0.05, 0.1) is 6.54 Å². The molecule has 0 aliphatic heterocycles. The summed E-state index contributed by atoms with van der Waals surface area (Å²) < 4.78 is 5.69. The number of amides is 2. The highest BCUT2D eigenvalue weighted by Crippen LogP contribution is 2.25. The highest BCUT2D eigenvalue weighted by atomic mass is 16.5. The van der Waals surface area contributed by atoms with Crippen molar-refractivity contribution in [3.8, 4) is 5.75 Å². The van der Waals surface area contributed by atoms with Gasteiger partial charge in [0.15, 0.2) is 0 Å². The van der Waals surface area contributed by atoms with E-state index in [1.807, 2.05) is 25.1 Å². The molecule has 2 amide bonds. The maximum absolute atomic E-state index is 11.0. The van der Waals surface area contributed by atoms with Crippen molar-refractivity contribution in [2.45, 2.75) is 6.92 Å². The number of aromatic nitrogens is 1. The molecule has 1 heterocycles. The number of benzene rings is 1. The second-order valence-corrected chi connectivity index (χ2v) is 4.19. The highest BCUT2D eigenvalue weighted by Gasteiger charge is 2.04. The molecule has 0 spiro atoms. The Kier molecular flexibility index (Phi) is 4.18. The van der Waals surface area contributed by atoms with E-state index in [0.29, 0.717) is 13.2 Å². The highest BCUT2D eigenvalue weighted by molar-refractivity contribution is 5.85. The third kappa shape index (κ3) is 3.34. The van der Waals surface area contributed by atoms with E-state index >= 15 is 0 Å². The summed E-state index contributed by atoms with van der Waals surface area (Å²) in [5.74, 6) is 0.745. The van der Waals surface area contributed by atoms with Crippen LogP contribution in [0.15, 0.2) is 30.5 Å². The van der Waals surface area contributed by atoms with E-state index in [-0.39, 0.29) is 6.03 Å². The SMILES string of the molecule is CNC(=O)NCCOc1cc(C)cc2cccnc12. The van der Waals surface area contributed by atoms with Crippen molar-refractivity contribution < 1.29 is 9.53 Å². The van der Waals surface area contributed by atoms with E-state index in [9.17, 15) is 4.79 Å². The zero-order valence-electron chi connectivity index (χ0n) is 11.1. The lowest BCUT2D eigenvalue weighted by Gasteiger charge is -2.10. The average molecular weight is 259 g/mol. The first-order chi connectivity index (χ1) is 9.20. The second-order valence-electron chi connectivity index (χ2n) is 4.19. The Morgan fingerprint density at radius 1 is 1.42 bits per heavy atom. The van der Waals surface area contributed by atoms with Gasteiger partial charge in [-0.05, 0) is 30.7 Å². The summed E-state index contributed by atoms with van der Waals surface area (Å²) >= 11 is 0. The molecule has 2 N–H and O–H groups in total.